The van der Waals surface area contributed by atoms with Crippen LogP contribution in [0.4, 0.5) is 4.79 Å². The van der Waals surface area contributed by atoms with Crippen LogP contribution >= 0.6 is 11.3 Å². The fraction of sp³-hybridized carbons (Fsp3) is 0.714. The first-order chi connectivity index (χ1) is 13.4. The highest BCUT2D eigenvalue weighted by Crippen LogP contribution is 2.32. The van der Waals surface area contributed by atoms with Crippen molar-refractivity contribution in [2.45, 2.75) is 64.6 Å². The summed E-state index contributed by atoms with van der Waals surface area (Å²) >= 11 is 1.71. The third-order valence-electron chi connectivity index (χ3n) is 5.23. The summed E-state index contributed by atoms with van der Waals surface area (Å²) < 4.78 is 5.70. The summed E-state index contributed by atoms with van der Waals surface area (Å²) in [6.45, 7) is 9.24. The smallest absolute Gasteiger partial charge is 0.410 e. The molecule has 0 bridgehead atoms. The van der Waals surface area contributed by atoms with Gasteiger partial charge in [-0.15, -0.1) is 0 Å². The number of carbonyl (C=O) groups excluding carboxylic acids is 1. The molecule has 1 amide bonds. The Hall–Kier alpha value is -1.76. The molecule has 2 heterocycles. The molecule has 6 nitrogen and oxygen atoms in total. The molecule has 0 radical (unpaired) electrons. The normalized spacial score (nSPS) is 18.9. The Balaban J connectivity index is 1.54. The Morgan fingerprint density at radius 2 is 2.04 bits per heavy atom. The van der Waals surface area contributed by atoms with Crippen LogP contribution in [0.3, 0.4) is 0 Å². The summed E-state index contributed by atoms with van der Waals surface area (Å²) in [5, 5.41) is 7.71. The molecule has 1 N–H and O–H groups in total. The fourth-order valence-electron chi connectivity index (χ4n) is 3.57. The number of hydrogen-bond donors (Lipinski definition) is 1. The Morgan fingerprint density at radius 3 is 2.57 bits per heavy atom. The number of nitrogens with one attached hydrogen (secondary N) is 1. The van der Waals surface area contributed by atoms with Gasteiger partial charge in [0.1, 0.15) is 5.60 Å². The summed E-state index contributed by atoms with van der Waals surface area (Å²) in [5.74, 6) is 1.60. The fourth-order valence-corrected chi connectivity index (χ4v) is 4.24. The molecule has 7 heteroatoms. The van der Waals surface area contributed by atoms with Crippen LogP contribution in [0.15, 0.2) is 21.8 Å². The van der Waals surface area contributed by atoms with E-state index >= 15 is 0 Å². The maximum absolute atomic E-state index is 12.8. The lowest BCUT2D eigenvalue weighted by Crippen LogP contribution is -2.52. The maximum atomic E-state index is 12.8. The molecule has 1 aliphatic heterocycles. The number of guanidine groups is 1. The van der Waals surface area contributed by atoms with Crippen LogP contribution < -0.4 is 5.32 Å². The van der Waals surface area contributed by atoms with Gasteiger partial charge in [0.2, 0.25) is 0 Å². The van der Waals surface area contributed by atoms with Crippen molar-refractivity contribution in [3.8, 4) is 0 Å². The van der Waals surface area contributed by atoms with Crippen molar-refractivity contribution < 1.29 is 9.53 Å². The van der Waals surface area contributed by atoms with E-state index in [4.69, 9.17) is 4.74 Å². The Labute approximate surface area is 173 Å². The molecule has 28 heavy (non-hydrogen) atoms. The van der Waals surface area contributed by atoms with Crippen LogP contribution in [-0.4, -0.2) is 60.2 Å². The van der Waals surface area contributed by atoms with E-state index in [9.17, 15) is 4.79 Å². The number of aliphatic imine (C=N–C) groups is 1. The number of amides is 1. The second kappa shape index (κ2) is 9.16. The van der Waals surface area contributed by atoms with Crippen LogP contribution in [0.1, 0.15) is 52.0 Å². The van der Waals surface area contributed by atoms with Crippen LogP contribution in [-0.2, 0) is 11.3 Å². The molecular formula is C21H34N4O2S. The summed E-state index contributed by atoms with van der Waals surface area (Å²) in [7, 11) is 1.84. The van der Waals surface area contributed by atoms with E-state index in [1.807, 2.05) is 32.7 Å². The highest BCUT2D eigenvalue weighted by atomic mass is 32.1. The molecule has 1 aromatic rings. The number of thiophene rings is 1. The van der Waals surface area contributed by atoms with Gasteiger partial charge in [-0.25, -0.2) is 4.79 Å². The molecule has 156 valence electrons. The molecule has 2 aliphatic rings. The van der Waals surface area contributed by atoms with Crippen LogP contribution in [0.25, 0.3) is 0 Å². The second-order valence-electron chi connectivity index (χ2n) is 8.83. The minimum absolute atomic E-state index is 0.155. The average molecular weight is 407 g/mol. The van der Waals surface area contributed by atoms with Gasteiger partial charge in [-0.2, -0.15) is 11.3 Å². The number of hydrogen-bond acceptors (Lipinski definition) is 4. The Kier molecular flexibility index (Phi) is 6.86. The summed E-state index contributed by atoms with van der Waals surface area (Å²) in [6.07, 6.45) is 4.21. The Bertz CT molecular complexity index is 656. The largest absolute Gasteiger partial charge is 0.444 e. The Morgan fingerprint density at radius 1 is 1.32 bits per heavy atom. The molecule has 3 rings (SSSR count). The van der Waals surface area contributed by atoms with Gasteiger partial charge in [0, 0.05) is 39.3 Å². The summed E-state index contributed by atoms with van der Waals surface area (Å²) in [6, 6.07) is 2.38. The van der Waals surface area contributed by atoms with Gasteiger partial charge in [0.15, 0.2) is 5.96 Å². The number of ether oxygens (including phenoxy) is 1. The van der Waals surface area contributed by atoms with Crippen LogP contribution in [0, 0.1) is 5.92 Å². The lowest BCUT2D eigenvalue weighted by atomic mass is 10.0. The van der Waals surface area contributed by atoms with E-state index in [-0.39, 0.29) is 12.1 Å². The molecule has 1 saturated heterocycles. The average Bonchev–Trinajstić information content (AvgIpc) is 3.32. The first-order valence-corrected chi connectivity index (χ1v) is 11.3. The van der Waals surface area contributed by atoms with E-state index in [0.29, 0.717) is 5.92 Å². The zero-order chi connectivity index (χ0) is 20.1. The molecule has 2 fully saturated rings. The first-order valence-electron chi connectivity index (χ1n) is 10.3. The van der Waals surface area contributed by atoms with Crippen molar-refractivity contribution in [1.29, 1.82) is 0 Å². The third-order valence-corrected chi connectivity index (χ3v) is 5.96. The zero-order valence-electron chi connectivity index (χ0n) is 17.6. The molecule has 0 aromatic carbocycles. The minimum Gasteiger partial charge on any atom is -0.444 e. The lowest BCUT2D eigenvalue weighted by Gasteiger charge is -2.40. The molecule has 1 aromatic heterocycles. The standard InChI is InChI=1S/C21H34N4O2S/c1-21(2,3)27-20(26)25(14-16-5-6-16)18-7-10-24(11-8-18)19(22-4)23-13-17-9-12-28-15-17/h9,12,15-16,18H,5-8,10-11,13-14H2,1-4H3,(H,22,23). The van der Waals surface area contributed by atoms with Gasteiger partial charge in [0.05, 0.1) is 0 Å². The number of piperidine rings is 1. The first kappa shape index (κ1) is 21.0. The minimum atomic E-state index is -0.451. The van der Waals surface area contributed by atoms with E-state index in [0.717, 1.165) is 45.0 Å². The number of carbonyl (C=O) groups is 1. The van der Waals surface area contributed by atoms with E-state index in [2.05, 4.69) is 32.0 Å². The monoisotopic (exact) mass is 406 g/mol. The van der Waals surface area contributed by atoms with Gasteiger partial charge in [-0.05, 0) is 74.8 Å². The molecular weight excluding hydrogens is 372 g/mol. The predicted octanol–water partition coefficient (Wildman–Crippen LogP) is 3.94. The third kappa shape index (κ3) is 6.12. The number of likely N-dealkylation sites (tertiary alicyclic amines) is 1. The van der Waals surface area contributed by atoms with Crippen LogP contribution in [0.2, 0.25) is 0 Å². The lowest BCUT2D eigenvalue weighted by molar-refractivity contribution is 0.00928. The van der Waals surface area contributed by atoms with Gasteiger partial charge in [0.25, 0.3) is 0 Å². The van der Waals surface area contributed by atoms with Crippen molar-refractivity contribution in [2.24, 2.45) is 10.9 Å². The molecule has 0 unspecified atom stereocenters. The van der Waals surface area contributed by atoms with Gasteiger partial charge in [-0.3, -0.25) is 4.99 Å². The van der Waals surface area contributed by atoms with E-state index in [1.165, 1.54) is 18.4 Å². The number of rotatable bonds is 5. The molecule has 1 saturated carbocycles. The maximum Gasteiger partial charge on any atom is 0.410 e. The molecule has 0 atom stereocenters. The second-order valence-corrected chi connectivity index (χ2v) is 9.61. The van der Waals surface area contributed by atoms with E-state index < -0.39 is 5.60 Å². The SMILES string of the molecule is CN=C(NCc1ccsc1)N1CCC(N(CC2CC2)C(=O)OC(C)(C)C)CC1. The zero-order valence-corrected chi connectivity index (χ0v) is 18.4. The number of nitrogens with zero attached hydrogens (tertiary/aromatic N) is 3. The quantitative estimate of drug-likeness (QED) is 0.594. The molecule has 1 aliphatic carbocycles. The topological polar surface area (TPSA) is 57.2 Å². The molecule has 0 spiro atoms. The summed E-state index contributed by atoms with van der Waals surface area (Å²) in [5.41, 5.74) is 0.828. The van der Waals surface area contributed by atoms with Crippen molar-refractivity contribution in [1.82, 2.24) is 15.1 Å². The van der Waals surface area contributed by atoms with Crippen molar-refractivity contribution in [3.05, 3.63) is 22.4 Å². The summed E-state index contributed by atoms with van der Waals surface area (Å²) in [4.78, 5) is 21.5. The predicted molar refractivity (Wildman–Crippen MR) is 115 cm³/mol. The van der Waals surface area contributed by atoms with Gasteiger partial charge in [-0.1, -0.05) is 0 Å². The van der Waals surface area contributed by atoms with Crippen molar-refractivity contribution in [3.63, 3.8) is 0 Å². The van der Waals surface area contributed by atoms with Gasteiger partial charge >= 0.3 is 6.09 Å². The highest BCUT2D eigenvalue weighted by Gasteiger charge is 2.35. The van der Waals surface area contributed by atoms with Gasteiger partial charge < -0.3 is 19.9 Å². The van der Waals surface area contributed by atoms with Crippen molar-refractivity contribution >= 4 is 23.4 Å². The van der Waals surface area contributed by atoms with E-state index in [1.54, 1.807) is 11.3 Å². The van der Waals surface area contributed by atoms with Crippen LogP contribution in [0.5, 0.6) is 0 Å². The highest BCUT2D eigenvalue weighted by molar-refractivity contribution is 7.07. The van der Waals surface area contributed by atoms with Crippen molar-refractivity contribution in [2.75, 3.05) is 26.7 Å².